The molecule has 0 saturated heterocycles. The monoisotopic (exact) mass is 661 g/mol. The zero-order valence-electron chi connectivity index (χ0n) is 30.8. The molecule has 0 N–H and O–H groups in total. The van der Waals surface area contributed by atoms with Crippen molar-refractivity contribution in [2.75, 3.05) is 18.0 Å². The zero-order valence-corrected chi connectivity index (χ0v) is 30.8. The number of anilines is 1. The van der Waals surface area contributed by atoms with Crippen LogP contribution in [0.1, 0.15) is 97.1 Å². The van der Waals surface area contributed by atoms with E-state index in [2.05, 4.69) is 147 Å². The molecular formula is C47H53N2O+. The molecule has 0 amide bonds. The molecule has 256 valence electrons. The maximum Gasteiger partial charge on any atom is 0.210 e. The SMILES string of the molecule is CCC[N+]1=C(/C=C/C2=CC(=C/C=C3\N(CCCCCC=O)c4ccc5ccccc5c4C3(C)C)/CCC2)C(C)(C)c2c1ccc1ccccc21. The second kappa shape index (κ2) is 14.0. The predicted molar refractivity (Wildman–Crippen MR) is 213 cm³/mol. The molecule has 2 heterocycles. The fourth-order valence-electron chi connectivity index (χ4n) is 8.96. The maximum absolute atomic E-state index is 10.9. The number of nitrogens with zero attached hydrogens (tertiary/aromatic N) is 2. The van der Waals surface area contributed by atoms with Gasteiger partial charge in [0.15, 0.2) is 5.71 Å². The van der Waals surface area contributed by atoms with E-state index in [0.717, 1.165) is 57.9 Å². The second-order valence-corrected chi connectivity index (χ2v) is 15.5. The lowest BCUT2D eigenvalue weighted by Crippen LogP contribution is -2.28. The van der Waals surface area contributed by atoms with Gasteiger partial charge in [-0.05, 0) is 102 Å². The van der Waals surface area contributed by atoms with Crippen LogP contribution in [0, 0.1) is 0 Å². The standard InChI is InChI=1S/C47H53N2O/c1-6-30-48-40-26-24-36-18-9-11-20-38(36)44(40)46(2,3)42(48)28-22-34-16-15-17-35(33-34)23-29-43-47(4,5)45-39-21-12-10-19-37(39)25-27-41(45)49(43)31-13-7-8-14-32-50/h9-12,18-29,32-33H,6-8,13-17,30-31H2,1-5H3/q+1. The number of carbonyl (C=O) groups excluding carboxylic acids is 1. The summed E-state index contributed by atoms with van der Waals surface area (Å²) in [6.07, 6.45) is 21.4. The van der Waals surface area contributed by atoms with E-state index >= 15 is 0 Å². The van der Waals surface area contributed by atoms with Crippen molar-refractivity contribution >= 4 is 44.9 Å². The lowest BCUT2D eigenvalue weighted by atomic mass is 9.79. The number of fused-ring (bicyclic) bond motifs is 6. The average Bonchev–Trinajstić information content (AvgIpc) is 3.48. The van der Waals surface area contributed by atoms with E-state index in [1.54, 1.807) is 0 Å². The highest BCUT2D eigenvalue weighted by Crippen LogP contribution is 2.51. The molecule has 4 aromatic rings. The second-order valence-electron chi connectivity index (χ2n) is 15.5. The quantitative estimate of drug-likeness (QED) is 0.0907. The molecule has 7 rings (SSSR count). The minimum absolute atomic E-state index is 0.0793. The van der Waals surface area contributed by atoms with Crippen LogP contribution < -0.4 is 4.90 Å². The van der Waals surface area contributed by atoms with Gasteiger partial charge in [0, 0.05) is 53.9 Å². The van der Waals surface area contributed by atoms with E-state index < -0.39 is 0 Å². The number of allylic oxidation sites excluding steroid dienone is 8. The largest absolute Gasteiger partial charge is 0.344 e. The van der Waals surface area contributed by atoms with Crippen LogP contribution in [0.2, 0.25) is 0 Å². The van der Waals surface area contributed by atoms with Gasteiger partial charge in [0.1, 0.15) is 12.8 Å². The highest BCUT2D eigenvalue weighted by Gasteiger charge is 2.45. The summed E-state index contributed by atoms with van der Waals surface area (Å²) in [6, 6.07) is 26.9. The molecule has 0 fully saturated rings. The van der Waals surface area contributed by atoms with E-state index in [1.807, 2.05) is 0 Å². The van der Waals surface area contributed by atoms with Gasteiger partial charge in [0.25, 0.3) is 0 Å². The number of rotatable bonds is 11. The molecule has 0 saturated carbocycles. The molecule has 0 unspecified atom stereocenters. The van der Waals surface area contributed by atoms with Crippen LogP contribution in [0.25, 0.3) is 21.5 Å². The van der Waals surface area contributed by atoms with Gasteiger partial charge in [0.2, 0.25) is 5.69 Å². The number of hydrogen-bond donors (Lipinski definition) is 0. The van der Waals surface area contributed by atoms with Crippen LogP contribution in [0.3, 0.4) is 0 Å². The third kappa shape index (κ3) is 6.10. The number of unbranched alkanes of at least 4 members (excludes halogenated alkanes) is 3. The Labute approximate surface area is 299 Å². The van der Waals surface area contributed by atoms with Gasteiger partial charge in [-0.2, -0.15) is 4.58 Å². The normalized spacial score (nSPS) is 19.6. The summed E-state index contributed by atoms with van der Waals surface area (Å²) in [4.78, 5) is 13.5. The maximum atomic E-state index is 10.9. The number of carbonyl (C=O) groups is 1. The zero-order chi connectivity index (χ0) is 34.9. The lowest BCUT2D eigenvalue weighted by molar-refractivity contribution is -0.437. The van der Waals surface area contributed by atoms with E-state index in [4.69, 9.17) is 0 Å². The Hall–Kier alpha value is -4.50. The average molecular weight is 662 g/mol. The van der Waals surface area contributed by atoms with Crippen molar-refractivity contribution in [3.05, 3.63) is 131 Å². The molecule has 0 aromatic heterocycles. The first kappa shape index (κ1) is 34.0. The molecule has 0 bridgehead atoms. The van der Waals surface area contributed by atoms with Crippen molar-refractivity contribution in [2.45, 2.75) is 96.8 Å². The highest BCUT2D eigenvalue weighted by molar-refractivity contribution is 6.07. The van der Waals surface area contributed by atoms with Crippen LogP contribution in [0.15, 0.2) is 120 Å². The van der Waals surface area contributed by atoms with Crippen molar-refractivity contribution in [2.24, 2.45) is 0 Å². The van der Waals surface area contributed by atoms with E-state index in [9.17, 15) is 4.79 Å². The van der Waals surface area contributed by atoms with Gasteiger partial charge >= 0.3 is 0 Å². The Morgan fingerprint density at radius 3 is 2.22 bits per heavy atom. The molecule has 0 atom stereocenters. The third-order valence-corrected chi connectivity index (χ3v) is 11.4. The minimum Gasteiger partial charge on any atom is -0.344 e. The summed E-state index contributed by atoms with van der Waals surface area (Å²) >= 11 is 0. The van der Waals surface area contributed by atoms with Gasteiger partial charge in [-0.25, -0.2) is 0 Å². The Morgan fingerprint density at radius 1 is 0.760 bits per heavy atom. The van der Waals surface area contributed by atoms with Gasteiger partial charge in [0.05, 0.1) is 5.41 Å². The van der Waals surface area contributed by atoms with Crippen LogP contribution in [-0.4, -0.2) is 29.7 Å². The van der Waals surface area contributed by atoms with E-state index in [-0.39, 0.29) is 10.8 Å². The summed E-state index contributed by atoms with van der Waals surface area (Å²) in [6.45, 7) is 13.9. The number of benzene rings is 4. The van der Waals surface area contributed by atoms with Crippen molar-refractivity contribution < 1.29 is 9.37 Å². The minimum atomic E-state index is -0.121. The Bertz CT molecular complexity index is 2100. The first-order valence-electron chi connectivity index (χ1n) is 19.0. The topological polar surface area (TPSA) is 23.3 Å². The fraction of sp³-hybridized carbons (Fsp3) is 0.362. The van der Waals surface area contributed by atoms with Crippen LogP contribution in [0.5, 0.6) is 0 Å². The van der Waals surface area contributed by atoms with Crippen molar-refractivity contribution in [3.8, 4) is 0 Å². The summed E-state index contributed by atoms with van der Waals surface area (Å²) in [5, 5.41) is 5.34. The Kier molecular flexibility index (Phi) is 9.53. The first-order chi connectivity index (χ1) is 24.3. The van der Waals surface area contributed by atoms with E-state index in [0.29, 0.717) is 6.42 Å². The highest BCUT2D eigenvalue weighted by atomic mass is 16.1. The summed E-state index contributed by atoms with van der Waals surface area (Å²) < 4.78 is 2.57. The summed E-state index contributed by atoms with van der Waals surface area (Å²) in [5.41, 5.74) is 11.0. The predicted octanol–water partition coefficient (Wildman–Crippen LogP) is 11.8. The summed E-state index contributed by atoms with van der Waals surface area (Å²) in [5.74, 6) is 0. The van der Waals surface area contributed by atoms with Crippen LogP contribution in [-0.2, 0) is 15.6 Å². The van der Waals surface area contributed by atoms with Gasteiger partial charge in [-0.3, -0.25) is 0 Å². The molecule has 4 aromatic carbocycles. The van der Waals surface area contributed by atoms with E-state index in [1.165, 1.54) is 73.0 Å². The van der Waals surface area contributed by atoms with Gasteiger partial charge < -0.3 is 9.69 Å². The molecule has 3 heteroatoms. The number of hydrogen-bond acceptors (Lipinski definition) is 2. The Balaban J connectivity index is 1.21. The Morgan fingerprint density at radius 2 is 1.48 bits per heavy atom. The molecule has 50 heavy (non-hydrogen) atoms. The molecule has 3 nitrogen and oxygen atoms in total. The molecule has 2 aliphatic heterocycles. The van der Waals surface area contributed by atoms with Crippen LogP contribution in [0.4, 0.5) is 11.4 Å². The molecule has 1 aliphatic carbocycles. The summed E-state index contributed by atoms with van der Waals surface area (Å²) in [7, 11) is 0. The number of aldehydes is 1. The van der Waals surface area contributed by atoms with Gasteiger partial charge in [-0.1, -0.05) is 100 Å². The van der Waals surface area contributed by atoms with Crippen molar-refractivity contribution in [1.82, 2.24) is 0 Å². The molecule has 0 spiro atoms. The third-order valence-electron chi connectivity index (χ3n) is 11.4. The molecule has 3 aliphatic rings. The fourth-order valence-corrected chi connectivity index (χ4v) is 8.96. The lowest BCUT2D eigenvalue weighted by Gasteiger charge is -2.27. The van der Waals surface area contributed by atoms with Gasteiger partial charge in [-0.15, -0.1) is 0 Å². The van der Waals surface area contributed by atoms with Crippen molar-refractivity contribution in [3.63, 3.8) is 0 Å². The smallest absolute Gasteiger partial charge is 0.210 e. The van der Waals surface area contributed by atoms with Crippen molar-refractivity contribution in [1.29, 1.82) is 0 Å². The van der Waals surface area contributed by atoms with Crippen LogP contribution >= 0.6 is 0 Å². The first-order valence-corrected chi connectivity index (χ1v) is 19.0. The molecular weight excluding hydrogens is 609 g/mol. The molecule has 0 radical (unpaired) electrons.